The minimum Gasteiger partial charge on any atom is -0.478 e. The number of aromatic carboxylic acids is 1. The zero-order chi connectivity index (χ0) is 18.3. The molecule has 0 saturated heterocycles. The van der Waals surface area contributed by atoms with Crippen LogP contribution in [0, 0.1) is 0 Å². The van der Waals surface area contributed by atoms with Crippen LogP contribution in [0.5, 0.6) is 0 Å². The number of rotatable bonds is 2. The topological polar surface area (TPSA) is 53.5 Å². The fourth-order valence-electron chi connectivity index (χ4n) is 3.74. The second-order valence-corrected chi connectivity index (χ2v) is 7.04. The number of carbonyl (C=O) groups is 1. The summed E-state index contributed by atoms with van der Waals surface area (Å²) in [6.45, 7) is 0. The third-order valence-electron chi connectivity index (χ3n) is 5.12. The van der Waals surface area contributed by atoms with Crippen LogP contribution in [0.25, 0.3) is 22.5 Å². The molecular weight excluding hydrogens is 326 g/mol. The van der Waals surface area contributed by atoms with E-state index in [1.165, 1.54) is 11.1 Å². The van der Waals surface area contributed by atoms with Gasteiger partial charge in [-0.1, -0.05) is 12.1 Å². The number of hydrogen-bond acceptors (Lipinski definition) is 2. The summed E-state index contributed by atoms with van der Waals surface area (Å²) in [6, 6.07) is 13.5. The molecule has 0 aromatic heterocycles. The molecule has 0 amide bonds. The number of fused-ring (bicyclic) bond motifs is 2. The van der Waals surface area contributed by atoms with Crippen LogP contribution in [0.3, 0.4) is 0 Å². The number of hydrogen-bond donors (Lipinski definition) is 1. The zero-order valence-corrected chi connectivity index (χ0v) is 15.1. The fraction of sp³-hybridized carbons (Fsp3) is 0.273. The highest BCUT2D eigenvalue weighted by atomic mass is 16.4. The first-order valence-corrected chi connectivity index (χ1v) is 8.97. The molecule has 0 fully saturated rings. The van der Waals surface area contributed by atoms with Crippen LogP contribution in [0.15, 0.2) is 46.9 Å². The Morgan fingerprint density at radius 3 is 2.46 bits per heavy atom. The van der Waals surface area contributed by atoms with Gasteiger partial charge >= 0.3 is 5.97 Å². The van der Waals surface area contributed by atoms with Gasteiger partial charge in [0.25, 0.3) is 0 Å². The van der Waals surface area contributed by atoms with E-state index >= 15 is 0 Å². The Hall–Kier alpha value is -2.88. The van der Waals surface area contributed by atoms with Crippen molar-refractivity contribution in [2.45, 2.75) is 25.7 Å². The minimum absolute atomic E-state index is 0.308. The van der Waals surface area contributed by atoms with Crippen molar-refractivity contribution in [3.63, 3.8) is 0 Å². The molecule has 1 aromatic carbocycles. The maximum atomic E-state index is 11.2. The van der Waals surface area contributed by atoms with Gasteiger partial charge in [-0.15, -0.1) is 0 Å². The Kier molecular flexibility index (Phi) is 4.11. The molecule has 3 aliphatic rings. The van der Waals surface area contributed by atoms with E-state index in [0.717, 1.165) is 53.7 Å². The molecule has 4 rings (SSSR count). The lowest BCUT2D eigenvalue weighted by molar-refractivity contribution is 0.0697. The van der Waals surface area contributed by atoms with Gasteiger partial charge in [0.1, 0.15) is 25.6 Å². The second-order valence-electron chi connectivity index (χ2n) is 7.04. The maximum absolute atomic E-state index is 11.2. The van der Waals surface area contributed by atoms with Crippen LogP contribution in [-0.2, 0) is 12.8 Å². The van der Waals surface area contributed by atoms with Crippen molar-refractivity contribution >= 4 is 5.97 Å². The number of nitrogens with zero attached hydrogens (tertiary/aromatic N) is 1. The Balaban J connectivity index is 2.00. The highest BCUT2D eigenvalue weighted by Gasteiger charge is 2.23. The number of carboxylic acid groups (broad SMARTS) is 1. The summed E-state index contributed by atoms with van der Waals surface area (Å²) in [5.41, 5.74) is 4.89. The molecule has 1 aliphatic heterocycles. The van der Waals surface area contributed by atoms with Crippen LogP contribution >= 0.6 is 0 Å². The first-order valence-electron chi connectivity index (χ1n) is 8.97. The van der Waals surface area contributed by atoms with Gasteiger partial charge in [-0.3, -0.25) is 0 Å². The maximum Gasteiger partial charge on any atom is 0.335 e. The summed E-state index contributed by atoms with van der Waals surface area (Å²) in [5, 5.41) is 10.3. The molecule has 0 radical (unpaired) electrons. The molecule has 0 atom stereocenters. The predicted octanol–water partition coefficient (Wildman–Crippen LogP) is 3.66. The summed E-state index contributed by atoms with van der Waals surface area (Å²) in [5.74, 6) is 1.05. The molecule has 132 valence electrons. The van der Waals surface area contributed by atoms with Gasteiger partial charge in [0.15, 0.2) is 0 Å². The summed E-state index contributed by atoms with van der Waals surface area (Å²) in [6.07, 6.45) is 4.26. The highest BCUT2D eigenvalue weighted by Crippen LogP contribution is 2.40. The molecular formula is C22H22NO3+. The zero-order valence-electron chi connectivity index (χ0n) is 15.1. The lowest BCUT2D eigenvalue weighted by atomic mass is 9.86. The van der Waals surface area contributed by atoms with Crippen molar-refractivity contribution in [3.8, 4) is 22.5 Å². The van der Waals surface area contributed by atoms with Crippen LogP contribution < -0.4 is 9.93 Å². The van der Waals surface area contributed by atoms with E-state index in [1.54, 1.807) is 12.1 Å². The summed E-state index contributed by atoms with van der Waals surface area (Å²) >= 11 is 0. The summed E-state index contributed by atoms with van der Waals surface area (Å²) in [4.78, 5) is 11.2. The van der Waals surface area contributed by atoms with Crippen molar-refractivity contribution in [3.05, 3.63) is 64.7 Å². The second kappa shape index (κ2) is 6.45. The Morgan fingerprint density at radius 2 is 1.77 bits per heavy atom. The third kappa shape index (κ3) is 2.81. The third-order valence-corrected chi connectivity index (χ3v) is 5.12. The molecule has 0 bridgehead atoms. The van der Waals surface area contributed by atoms with Gasteiger partial charge in [0.05, 0.1) is 11.6 Å². The van der Waals surface area contributed by atoms with Crippen LogP contribution in [-0.4, -0.2) is 25.2 Å². The number of carboxylic acids is 1. The van der Waals surface area contributed by atoms with Gasteiger partial charge < -0.3 is 9.52 Å². The smallest absolute Gasteiger partial charge is 0.335 e. The largest absolute Gasteiger partial charge is 0.478 e. The molecule has 4 nitrogen and oxygen atoms in total. The average Bonchev–Trinajstić information content (AvgIpc) is 2.65. The van der Waals surface area contributed by atoms with E-state index in [-0.39, 0.29) is 0 Å². The van der Waals surface area contributed by atoms with Crippen molar-refractivity contribution in [2.24, 2.45) is 0 Å². The molecule has 2 aliphatic carbocycles. The SMILES string of the molecule is C[N+](C)=c1ccc2c(-c3ccc(C(=O)O)cc3)c3c(oc-2c1)CCCC3. The average molecular weight is 348 g/mol. The normalized spacial score (nSPS) is 13.5. The van der Waals surface area contributed by atoms with E-state index in [9.17, 15) is 9.90 Å². The molecule has 4 heteroatoms. The lowest BCUT2D eigenvalue weighted by Crippen LogP contribution is -2.21. The molecule has 26 heavy (non-hydrogen) atoms. The van der Waals surface area contributed by atoms with E-state index in [1.807, 2.05) is 26.2 Å². The molecule has 0 spiro atoms. The monoisotopic (exact) mass is 348 g/mol. The first-order chi connectivity index (χ1) is 12.5. The van der Waals surface area contributed by atoms with E-state index in [2.05, 4.69) is 22.8 Å². The molecule has 1 heterocycles. The standard InChI is InChI=1S/C22H21NO3/c1-23(2)16-11-12-18-20(13-16)26-19-6-4-3-5-17(19)21(18)14-7-9-15(10-8-14)22(24)25/h7-13H,3-6H2,1-2H3/p+1. The summed E-state index contributed by atoms with van der Waals surface area (Å²) < 4.78 is 8.34. The Morgan fingerprint density at radius 1 is 1.04 bits per heavy atom. The van der Waals surface area contributed by atoms with E-state index in [0.29, 0.717) is 5.56 Å². The van der Waals surface area contributed by atoms with Gasteiger partial charge in [-0.05, 0) is 54.2 Å². The van der Waals surface area contributed by atoms with Crippen molar-refractivity contribution in [1.82, 2.24) is 4.58 Å². The van der Waals surface area contributed by atoms with Crippen LogP contribution in [0.2, 0.25) is 0 Å². The highest BCUT2D eigenvalue weighted by molar-refractivity contribution is 5.90. The van der Waals surface area contributed by atoms with E-state index in [4.69, 9.17) is 4.42 Å². The minimum atomic E-state index is -0.901. The predicted molar refractivity (Wildman–Crippen MR) is 101 cm³/mol. The first kappa shape index (κ1) is 16.6. The van der Waals surface area contributed by atoms with Crippen molar-refractivity contribution in [1.29, 1.82) is 0 Å². The number of benzene rings is 2. The molecule has 1 aromatic rings. The molecule has 0 unspecified atom stereocenters. The van der Waals surface area contributed by atoms with E-state index < -0.39 is 5.97 Å². The number of aryl methyl sites for hydroxylation is 1. The van der Waals surface area contributed by atoms with Crippen LogP contribution in [0.4, 0.5) is 0 Å². The fourth-order valence-corrected chi connectivity index (χ4v) is 3.74. The van der Waals surface area contributed by atoms with Gasteiger partial charge in [-0.25, -0.2) is 9.37 Å². The Labute approximate surface area is 152 Å². The van der Waals surface area contributed by atoms with Crippen molar-refractivity contribution < 1.29 is 14.3 Å². The van der Waals surface area contributed by atoms with Crippen LogP contribution in [0.1, 0.15) is 34.5 Å². The molecule has 0 saturated carbocycles. The van der Waals surface area contributed by atoms with Gasteiger partial charge in [0, 0.05) is 18.1 Å². The summed E-state index contributed by atoms with van der Waals surface area (Å²) in [7, 11) is 4.04. The molecule has 1 N–H and O–H groups in total. The van der Waals surface area contributed by atoms with Gasteiger partial charge in [0.2, 0.25) is 5.36 Å². The van der Waals surface area contributed by atoms with Gasteiger partial charge in [-0.2, -0.15) is 0 Å². The van der Waals surface area contributed by atoms with Crippen molar-refractivity contribution in [2.75, 3.05) is 14.1 Å². The quantitative estimate of drug-likeness (QED) is 0.719. The Bertz CT molecular complexity index is 1020. The lowest BCUT2D eigenvalue weighted by Gasteiger charge is -2.23.